The Morgan fingerprint density at radius 1 is 1.21 bits per heavy atom. The average Bonchev–Trinajstić information content (AvgIpc) is 3.14. The highest BCUT2D eigenvalue weighted by atomic mass is 32.2. The molecule has 2 rings (SSSR count). The third kappa shape index (κ3) is 3.93. The van der Waals surface area contributed by atoms with E-state index in [4.69, 9.17) is 0 Å². The van der Waals surface area contributed by atoms with Crippen LogP contribution in [0, 0.1) is 0 Å². The highest BCUT2D eigenvalue weighted by Gasteiger charge is 2.27. The van der Waals surface area contributed by atoms with Gasteiger partial charge in [0, 0.05) is 18.7 Å². The molecular formula is C16H22N2O5S. The van der Waals surface area contributed by atoms with Crippen LogP contribution in [-0.2, 0) is 19.6 Å². The number of esters is 1. The standard InChI is InChI=1S/C16H22N2O5S/c1-3-14(16(20)23-2)17-15(19)12-6-8-13(9-7-12)24(21,22)18-10-4-5-11-18/h6-9,14H,3-5,10-11H2,1-2H3,(H,17,19). The zero-order valence-electron chi connectivity index (χ0n) is 13.8. The normalized spacial score (nSPS) is 16.6. The third-order valence-corrected chi connectivity index (χ3v) is 5.93. The van der Waals surface area contributed by atoms with E-state index >= 15 is 0 Å². The number of nitrogens with zero attached hydrogens (tertiary/aromatic N) is 1. The summed E-state index contributed by atoms with van der Waals surface area (Å²) in [5.74, 6) is -0.962. The predicted molar refractivity (Wildman–Crippen MR) is 88.0 cm³/mol. The van der Waals surface area contributed by atoms with Crippen LogP contribution in [0.3, 0.4) is 0 Å². The second-order valence-electron chi connectivity index (χ2n) is 5.59. The number of amides is 1. The van der Waals surface area contributed by atoms with Crippen molar-refractivity contribution in [2.75, 3.05) is 20.2 Å². The highest BCUT2D eigenvalue weighted by molar-refractivity contribution is 7.89. The van der Waals surface area contributed by atoms with Crippen molar-refractivity contribution in [1.29, 1.82) is 0 Å². The molecule has 1 atom stereocenters. The van der Waals surface area contributed by atoms with Gasteiger partial charge in [0.25, 0.3) is 5.91 Å². The van der Waals surface area contributed by atoms with E-state index in [9.17, 15) is 18.0 Å². The first-order valence-electron chi connectivity index (χ1n) is 7.89. The van der Waals surface area contributed by atoms with Crippen molar-refractivity contribution in [3.05, 3.63) is 29.8 Å². The summed E-state index contributed by atoms with van der Waals surface area (Å²) in [5, 5.41) is 2.57. The SMILES string of the molecule is CCC(NC(=O)c1ccc(S(=O)(=O)N2CCCC2)cc1)C(=O)OC. The molecule has 8 heteroatoms. The molecule has 0 radical (unpaired) electrons. The quantitative estimate of drug-likeness (QED) is 0.774. The highest BCUT2D eigenvalue weighted by Crippen LogP contribution is 2.21. The average molecular weight is 354 g/mol. The van der Waals surface area contributed by atoms with Crippen molar-refractivity contribution >= 4 is 21.9 Å². The number of benzene rings is 1. The molecule has 0 bridgehead atoms. The zero-order valence-corrected chi connectivity index (χ0v) is 14.6. The molecule has 1 N–H and O–H groups in total. The molecule has 1 aromatic carbocycles. The molecule has 1 saturated heterocycles. The van der Waals surface area contributed by atoms with E-state index in [0.29, 0.717) is 19.5 Å². The van der Waals surface area contributed by atoms with Gasteiger partial charge in [-0.2, -0.15) is 4.31 Å². The fourth-order valence-electron chi connectivity index (χ4n) is 2.57. The van der Waals surface area contributed by atoms with Crippen LogP contribution in [0.5, 0.6) is 0 Å². The zero-order chi connectivity index (χ0) is 17.7. The van der Waals surface area contributed by atoms with Gasteiger partial charge in [-0.1, -0.05) is 6.92 Å². The first kappa shape index (κ1) is 18.4. The number of nitrogens with one attached hydrogen (secondary N) is 1. The lowest BCUT2D eigenvalue weighted by molar-refractivity contribution is -0.142. The summed E-state index contributed by atoms with van der Waals surface area (Å²) in [6, 6.07) is 5.00. The summed E-state index contributed by atoms with van der Waals surface area (Å²) in [4.78, 5) is 23.9. The first-order valence-corrected chi connectivity index (χ1v) is 9.33. The molecule has 0 saturated carbocycles. The van der Waals surface area contributed by atoms with E-state index in [0.717, 1.165) is 12.8 Å². The molecule has 132 valence electrons. The van der Waals surface area contributed by atoms with Crippen LogP contribution in [-0.4, -0.2) is 50.8 Å². The van der Waals surface area contributed by atoms with Gasteiger partial charge < -0.3 is 10.1 Å². The van der Waals surface area contributed by atoms with Crippen molar-refractivity contribution in [3.8, 4) is 0 Å². The monoisotopic (exact) mass is 354 g/mol. The summed E-state index contributed by atoms with van der Waals surface area (Å²) >= 11 is 0. The Kier molecular flexibility index (Phi) is 5.95. The Balaban J connectivity index is 2.11. The maximum atomic E-state index is 12.4. The number of rotatable bonds is 6. The van der Waals surface area contributed by atoms with Crippen LogP contribution >= 0.6 is 0 Å². The summed E-state index contributed by atoms with van der Waals surface area (Å²) in [6.45, 7) is 2.82. The molecular weight excluding hydrogens is 332 g/mol. The minimum absolute atomic E-state index is 0.168. The van der Waals surface area contributed by atoms with Gasteiger partial charge in [-0.25, -0.2) is 13.2 Å². The fraction of sp³-hybridized carbons (Fsp3) is 0.500. The van der Waals surface area contributed by atoms with Gasteiger partial charge in [-0.05, 0) is 43.5 Å². The van der Waals surface area contributed by atoms with Crippen LogP contribution in [0.15, 0.2) is 29.2 Å². The van der Waals surface area contributed by atoms with Crippen molar-refractivity contribution in [3.63, 3.8) is 0 Å². The minimum Gasteiger partial charge on any atom is -0.467 e. The third-order valence-electron chi connectivity index (χ3n) is 4.02. The maximum absolute atomic E-state index is 12.4. The van der Waals surface area contributed by atoms with Crippen LogP contribution in [0.4, 0.5) is 0 Å². The summed E-state index contributed by atoms with van der Waals surface area (Å²) < 4.78 is 30.9. The lowest BCUT2D eigenvalue weighted by Gasteiger charge is -2.16. The van der Waals surface area contributed by atoms with Crippen LogP contribution in [0.25, 0.3) is 0 Å². The van der Waals surface area contributed by atoms with Gasteiger partial charge in [0.05, 0.1) is 12.0 Å². The summed E-state index contributed by atoms with van der Waals surface area (Å²) in [5.41, 5.74) is 0.290. The Bertz CT molecular complexity index is 694. The maximum Gasteiger partial charge on any atom is 0.328 e. The minimum atomic E-state index is -3.50. The summed E-state index contributed by atoms with van der Waals surface area (Å²) in [6.07, 6.45) is 2.14. The van der Waals surface area contributed by atoms with E-state index in [1.807, 2.05) is 0 Å². The lowest BCUT2D eigenvalue weighted by atomic mass is 10.1. The van der Waals surface area contributed by atoms with Gasteiger partial charge in [-0.15, -0.1) is 0 Å². The molecule has 0 spiro atoms. The van der Waals surface area contributed by atoms with Gasteiger partial charge >= 0.3 is 5.97 Å². The molecule has 1 unspecified atom stereocenters. The van der Waals surface area contributed by atoms with Crippen molar-refractivity contribution in [2.45, 2.75) is 37.1 Å². The topological polar surface area (TPSA) is 92.8 Å². The van der Waals surface area contributed by atoms with E-state index in [-0.39, 0.29) is 10.5 Å². The number of ether oxygens (including phenoxy) is 1. The van der Waals surface area contributed by atoms with E-state index in [1.165, 1.54) is 35.7 Å². The van der Waals surface area contributed by atoms with Gasteiger partial charge in [0.15, 0.2) is 0 Å². The first-order chi connectivity index (χ1) is 11.4. The van der Waals surface area contributed by atoms with Gasteiger partial charge in [-0.3, -0.25) is 4.79 Å². The number of methoxy groups -OCH3 is 1. The van der Waals surface area contributed by atoms with Crippen LogP contribution in [0.1, 0.15) is 36.5 Å². The van der Waals surface area contributed by atoms with Crippen LogP contribution in [0.2, 0.25) is 0 Å². The van der Waals surface area contributed by atoms with Crippen molar-refractivity contribution in [1.82, 2.24) is 9.62 Å². The number of carbonyl (C=O) groups is 2. The molecule has 7 nitrogen and oxygen atoms in total. The smallest absolute Gasteiger partial charge is 0.328 e. The van der Waals surface area contributed by atoms with Crippen LogP contribution < -0.4 is 5.32 Å². The summed E-state index contributed by atoms with van der Waals surface area (Å²) in [7, 11) is -2.24. The Labute approximate surface area is 142 Å². The second-order valence-corrected chi connectivity index (χ2v) is 7.53. The number of carbonyl (C=O) groups excluding carboxylic acids is 2. The van der Waals surface area contributed by atoms with Gasteiger partial charge in [0.1, 0.15) is 6.04 Å². The van der Waals surface area contributed by atoms with E-state index in [2.05, 4.69) is 10.1 Å². The lowest BCUT2D eigenvalue weighted by Crippen LogP contribution is -2.41. The van der Waals surface area contributed by atoms with E-state index in [1.54, 1.807) is 6.92 Å². The molecule has 1 heterocycles. The largest absolute Gasteiger partial charge is 0.467 e. The van der Waals surface area contributed by atoms with Gasteiger partial charge in [0.2, 0.25) is 10.0 Å². The molecule has 1 amide bonds. The Morgan fingerprint density at radius 3 is 2.29 bits per heavy atom. The molecule has 24 heavy (non-hydrogen) atoms. The van der Waals surface area contributed by atoms with Crippen molar-refractivity contribution < 1.29 is 22.7 Å². The number of hydrogen-bond donors (Lipinski definition) is 1. The van der Waals surface area contributed by atoms with Crippen molar-refractivity contribution in [2.24, 2.45) is 0 Å². The molecule has 1 fully saturated rings. The second kappa shape index (κ2) is 7.76. The number of hydrogen-bond acceptors (Lipinski definition) is 5. The fourth-order valence-corrected chi connectivity index (χ4v) is 4.08. The Morgan fingerprint density at radius 2 is 1.79 bits per heavy atom. The molecule has 0 aliphatic carbocycles. The molecule has 0 aromatic heterocycles. The number of sulfonamides is 1. The molecule has 1 aliphatic rings. The molecule has 1 aromatic rings. The molecule has 1 aliphatic heterocycles. The van der Waals surface area contributed by atoms with E-state index < -0.39 is 27.9 Å². The predicted octanol–water partition coefficient (Wildman–Crippen LogP) is 1.15. The Hall–Kier alpha value is -1.93.